The number of hydroxylamine groups is 1. The van der Waals surface area contributed by atoms with Crippen LogP contribution < -0.4 is 5.48 Å². The summed E-state index contributed by atoms with van der Waals surface area (Å²) in [5.74, 6) is 0. The lowest BCUT2D eigenvalue weighted by atomic mass is 10.4. The minimum Gasteiger partial charge on any atom is -0.379 e. The van der Waals surface area contributed by atoms with Crippen LogP contribution in [0.5, 0.6) is 0 Å². The van der Waals surface area contributed by atoms with E-state index in [1.54, 1.807) is 0 Å². The summed E-state index contributed by atoms with van der Waals surface area (Å²) >= 11 is 0. The molecule has 0 radical (unpaired) electrons. The number of ether oxygens (including phenoxy) is 1. The Morgan fingerprint density at radius 2 is 2.17 bits per heavy atom. The van der Waals surface area contributed by atoms with Gasteiger partial charge in [-0.1, -0.05) is 0 Å². The van der Waals surface area contributed by atoms with Gasteiger partial charge < -0.3 is 9.84 Å². The van der Waals surface area contributed by atoms with E-state index >= 15 is 0 Å². The first-order chi connectivity index (χ1) is 5.93. The maximum atomic E-state index is 8.28. The van der Waals surface area contributed by atoms with Gasteiger partial charge >= 0.3 is 0 Å². The van der Waals surface area contributed by atoms with Gasteiger partial charge in [0.15, 0.2) is 6.79 Å². The van der Waals surface area contributed by atoms with E-state index < -0.39 is 0 Å². The summed E-state index contributed by atoms with van der Waals surface area (Å²) in [7, 11) is 0. The molecule has 1 aliphatic heterocycles. The Morgan fingerprint density at radius 1 is 1.42 bits per heavy atom. The Balaban J connectivity index is 1.91. The standard InChI is InChI=1S/C7H16N2O3/c10-7-12-8-1-2-9-3-5-11-6-4-9/h8,10H,1-7H2. The van der Waals surface area contributed by atoms with Crippen molar-refractivity contribution in [2.45, 2.75) is 0 Å². The fourth-order valence-electron chi connectivity index (χ4n) is 1.15. The van der Waals surface area contributed by atoms with Crippen LogP contribution >= 0.6 is 0 Å². The zero-order chi connectivity index (χ0) is 8.65. The van der Waals surface area contributed by atoms with Crippen LogP contribution in [0.15, 0.2) is 0 Å². The van der Waals surface area contributed by atoms with Gasteiger partial charge in [0.1, 0.15) is 0 Å². The van der Waals surface area contributed by atoms with E-state index in [9.17, 15) is 0 Å². The van der Waals surface area contributed by atoms with Gasteiger partial charge in [-0.25, -0.2) is 0 Å². The first kappa shape index (κ1) is 9.88. The Labute approximate surface area is 72.2 Å². The third kappa shape index (κ3) is 3.99. The van der Waals surface area contributed by atoms with Gasteiger partial charge in [-0.15, -0.1) is 0 Å². The largest absolute Gasteiger partial charge is 0.379 e. The summed E-state index contributed by atoms with van der Waals surface area (Å²) in [5, 5.41) is 8.28. The normalized spacial score (nSPS) is 19.8. The summed E-state index contributed by atoms with van der Waals surface area (Å²) in [4.78, 5) is 6.86. The average Bonchev–Trinajstić information content (AvgIpc) is 2.14. The van der Waals surface area contributed by atoms with Crippen molar-refractivity contribution in [2.75, 3.05) is 46.2 Å². The molecule has 12 heavy (non-hydrogen) atoms. The maximum Gasteiger partial charge on any atom is 0.163 e. The Kier molecular flexibility index (Phi) is 5.21. The minimum atomic E-state index is -0.275. The van der Waals surface area contributed by atoms with Crippen LogP contribution in [-0.2, 0) is 9.57 Å². The van der Waals surface area contributed by atoms with Crippen molar-refractivity contribution in [3.05, 3.63) is 0 Å². The van der Waals surface area contributed by atoms with E-state index in [2.05, 4.69) is 15.2 Å². The highest BCUT2D eigenvalue weighted by molar-refractivity contribution is 4.61. The van der Waals surface area contributed by atoms with Crippen molar-refractivity contribution in [3.63, 3.8) is 0 Å². The molecular weight excluding hydrogens is 160 g/mol. The van der Waals surface area contributed by atoms with Crippen LogP contribution in [0.3, 0.4) is 0 Å². The molecule has 0 atom stereocenters. The molecule has 0 aliphatic carbocycles. The van der Waals surface area contributed by atoms with Gasteiger partial charge in [0, 0.05) is 26.2 Å². The maximum absolute atomic E-state index is 8.28. The second-order valence-corrected chi connectivity index (χ2v) is 2.62. The van der Waals surface area contributed by atoms with Gasteiger partial charge in [0.25, 0.3) is 0 Å². The topological polar surface area (TPSA) is 54.0 Å². The van der Waals surface area contributed by atoms with Crippen LogP contribution in [0.4, 0.5) is 0 Å². The highest BCUT2D eigenvalue weighted by Crippen LogP contribution is 1.94. The first-order valence-corrected chi connectivity index (χ1v) is 4.19. The van der Waals surface area contributed by atoms with Crippen molar-refractivity contribution >= 4 is 0 Å². The average molecular weight is 176 g/mol. The molecule has 72 valence electrons. The molecular formula is C7H16N2O3. The lowest BCUT2D eigenvalue weighted by Gasteiger charge is -2.26. The van der Waals surface area contributed by atoms with Gasteiger partial charge in [0.05, 0.1) is 13.2 Å². The molecule has 0 spiro atoms. The predicted octanol–water partition coefficient (Wildman–Crippen LogP) is -1.21. The minimum absolute atomic E-state index is 0.275. The van der Waals surface area contributed by atoms with Gasteiger partial charge in [-0.05, 0) is 0 Å². The zero-order valence-electron chi connectivity index (χ0n) is 7.16. The zero-order valence-corrected chi connectivity index (χ0v) is 7.16. The molecule has 0 unspecified atom stereocenters. The summed E-state index contributed by atoms with van der Waals surface area (Å²) in [6.45, 7) is 5.01. The number of aliphatic hydroxyl groups is 1. The van der Waals surface area contributed by atoms with Gasteiger partial charge in [-0.2, -0.15) is 5.48 Å². The SMILES string of the molecule is OCONCCN1CCOCC1. The van der Waals surface area contributed by atoms with E-state index in [-0.39, 0.29) is 6.79 Å². The lowest BCUT2D eigenvalue weighted by Crippen LogP contribution is -2.40. The van der Waals surface area contributed by atoms with E-state index in [4.69, 9.17) is 9.84 Å². The number of nitrogens with one attached hydrogen (secondary N) is 1. The quantitative estimate of drug-likeness (QED) is 0.313. The highest BCUT2D eigenvalue weighted by atomic mass is 16.7. The smallest absolute Gasteiger partial charge is 0.163 e. The fourth-order valence-corrected chi connectivity index (χ4v) is 1.15. The summed E-state index contributed by atoms with van der Waals surface area (Å²) in [6, 6.07) is 0. The molecule has 0 aromatic rings. The number of hydrogen-bond donors (Lipinski definition) is 2. The molecule has 0 aromatic heterocycles. The molecule has 5 nitrogen and oxygen atoms in total. The Morgan fingerprint density at radius 3 is 2.83 bits per heavy atom. The van der Waals surface area contributed by atoms with Crippen LogP contribution in [-0.4, -0.2) is 56.2 Å². The first-order valence-electron chi connectivity index (χ1n) is 4.19. The van der Waals surface area contributed by atoms with Crippen LogP contribution in [0.1, 0.15) is 0 Å². The molecule has 1 heterocycles. The number of hydrogen-bond acceptors (Lipinski definition) is 5. The Hall–Kier alpha value is -0.200. The molecule has 2 N–H and O–H groups in total. The Bertz CT molecular complexity index is 107. The van der Waals surface area contributed by atoms with Crippen molar-refractivity contribution in [3.8, 4) is 0 Å². The van der Waals surface area contributed by atoms with Gasteiger partial charge in [0.2, 0.25) is 0 Å². The summed E-state index contributed by atoms with van der Waals surface area (Å²) in [6.07, 6.45) is 0. The van der Waals surface area contributed by atoms with E-state index in [0.29, 0.717) is 0 Å². The molecule has 1 aliphatic rings. The predicted molar refractivity (Wildman–Crippen MR) is 43.4 cm³/mol. The van der Waals surface area contributed by atoms with Crippen LogP contribution in [0, 0.1) is 0 Å². The summed E-state index contributed by atoms with van der Waals surface area (Å²) in [5.41, 5.74) is 2.65. The monoisotopic (exact) mass is 176 g/mol. The molecule has 5 heteroatoms. The molecule has 0 saturated carbocycles. The van der Waals surface area contributed by atoms with Crippen molar-refractivity contribution in [1.29, 1.82) is 0 Å². The van der Waals surface area contributed by atoms with Crippen molar-refractivity contribution < 1.29 is 14.7 Å². The number of rotatable bonds is 5. The third-order valence-electron chi connectivity index (χ3n) is 1.80. The summed E-state index contributed by atoms with van der Waals surface area (Å²) < 4.78 is 5.19. The second-order valence-electron chi connectivity index (χ2n) is 2.62. The van der Waals surface area contributed by atoms with Gasteiger partial charge in [-0.3, -0.25) is 9.74 Å². The highest BCUT2D eigenvalue weighted by Gasteiger charge is 2.08. The molecule has 1 rings (SSSR count). The van der Waals surface area contributed by atoms with E-state index in [1.165, 1.54) is 0 Å². The number of nitrogens with zero attached hydrogens (tertiary/aromatic N) is 1. The molecule has 0 bridgehead atoms. The molecule has 0 aromatic carbocycles. The number of aliphatic hydroxyl groups excluding tert-OH is 1. The molecule has 1 fully saturated rings. The van der Waals surface area contributed by atoms with E-state index in [0.717, 1.165) is 39.4 Å². The molecule has 1 saturated heterocycles. The second kappa shape index (κ2) is 6.33. The number of morpholine rings is 1. The fraction of sp³-hybridized carbons (Fsp3) is 1.00. The molecule has 0 amide bonds. The third-order valence-corrected chi connectivity index (χ3v) is 1.80. The van der Waals surface area contributed by atoms with Crippen molar-refractivity contribution in [2.24, 2.45) is 0 Å². The van der Waals surface area contributed by atoms with Crippen LogP contribution in [0.2, 0.25) is 0 Å². The lowest BCUT2D eigenvalue weighted by molar-refractivity contribution is -0.0646. The van der Waals surface area contributed by atoms with Crippen LogP contribution in [0.25, 0.3) is 0 Å². The van der Waals surface area contributed by atoms with Crippen molar-refractivity contribution in [1.82, 2.24) is 10.4 Å². The van der Waals surface area contributed by atoms with E-state index in [1.807, 2.05) is 0 Å².